The molecule has 0 aromatic heterocycles. The summed E-state index contributed by atoms with van der Waals surface area (Å²) in [7, 11) is 0. The summed E-state index contributed by atoms with van der Waals surface area (Å²) >= 11 is 3.25. The van der Waals surface area contributed by atoms with Crippen LogP contribution in [0, 0.1) is 10.1 Å². The predicted octanol–water partition coefficient (Wildman–Crippen LogP) is 2.51. The van der Waals surface area contributed by atoms with Crippen LogP contribution in [-0.4, -0.2) is 35.7 Å². The van der Waals surface area contributed by atoms with Gasteiger partial charge in [0.05, 0.1) is 4.92 Å². The fraction of sp³-hybridized carbons (Fsp3) is 0.118. The van der Waals surface area contributed by atoms with Gasteiger partial charge in [0.2, 0.25) is 0 Å². The quantitative estimate of drug-likeness (QED) is 0.318. The van der Waals surface area contributed by atoms with Crippen LogP contribution >= 0.6 is 15.9 Å². The molecule has 0 aliphatic heterocycles. The van der Waals surface area contributed by atoms with Gasteiger partial charge in [-0.2, -0.15) is 0 Å². The zero-order chi connectivity index (χ0) is 19.1. The first-order chi connectivity index (χ1) is 12.4. The van der Waals surface area contributed by atoms with E-state index in [0.29, 0.717) is 5.56 Å². The second kappa shape index (κ2) is 8.86. The second-order valence-corrected chi connectivity index (χ2v) is 6.00. The van der Waals surface area contributed by atoms with Crippen molar-refractivity contribution < 1.29 is 24.0 Å². The molecule has 0 unspecified atom stereocenters. The van der Waals surface area contributed by atoms with Gasteiger partial charge in [0, 0.05) is 27.7 Å². The van der Waals surface area contributed by atoms with Crippen molar-refractivity contribution in [1.82, 2.24) is 5.32 Å². The molecule has 2 rings (SSSR count). The summed E-state index contributed by atoms with van der Waals surface area (Å²) in [5.74, 6) is -1.84. The Morgan fingerprint density at radius 2 is 1.77 bits per heavy atom. The molecule has 0 heterocycles. The van der Waals surface area contributed by atoms with Crippen LogP contribution < -0.4 is 5.32 Å². The third-order valence-electron chi connectivity index (χ3n) is 3.24. The smallest absolute Gasteiger partial charge is 0.325 e. The lowest BCUT2D eigenvalue weighted by molar-refractivity contribution is -0.384. The number of amides is 1. The number of carbonyl (C=O) groups is 3. The summed E-state index contributed by atoms with van der Waals surface area (Å²) in [4.78, 5) is 45.5. The number of carbonyl (C=O) groups excluding carboxylic acids is 3. The van der Waals surface area contributed by atoms with E-state index in [1.165, 1.54) is 18.2 Å². The molecule has 2 aromatic rings. The second-order valence-electron chi connectivity index (χ2n) is 5.08. The van der Waals surface area contributed by atoms with Crippen LogP contribution in [0.3, 0.4) is 0 Å². The number of nitro benzene ring substituents is 1. The number of hydrogen-bond donors (Lipinski definition) is 1. The van der Waals surface area contributed by atoms with Crippen molar-refractivity contribution in [1.29, 1.82) is 0 Å². The summed E-state index contributed by atoms with van der Waals surface area (Å²) < 4.78 is 5.63. The average molecular weight is 421 g/mol. The number of ketones is 1. The van der Waals surface area contributed by atoms with Gasteiger partial charge in [0.15, 0.2) is 12.4 Å². The van der Waals surface area contributed by atoms with E-state index < -0.39 is 30.0 Å². The number of rotatable bonds is 7. The van der Waals surface area contributed by atoms with Gasteiger partial charge in [-0.15, -0.1) is 0 Å². The summed E-state index contributed by atoms with van der Waals surface area (Å²) in [6.07, 6.45) is 0. The summed E-state index contributed by atoms with van der Waals surface area (Å²) in [5.41, 5.74) is 0.194. The van der Waals surface area contributed by atoms with E-state index in [-0.39, 0.29) is 17.0 Å². The number of esters is 1. The lowest BCUT2D eigenvalue weighted by atomic mass is 10.1. The summed E-state index contributed by atoms with van der Waals surface area (Å²) in [6.45, 7) is -0.914. The van der Waals surface area contributed by atoms with Crippen molar-refractivity contribution in [2.75, 3.05) is 13.2 Å². The number of hydrogen-bond acceptors (Lipinski definition) is 6. The normalized spacial score (nSPS) is 10.0. The first-order valence-electron chi connectivity index (χ1n) is 7.34. The SMILES string of the molecule is O=C(CNC(=O)c1cccc([N+](=O)[O-])c1)OCC(=O)c1ccc(Br)cc1. The summed E-state index contributed by atoms with van der Waals surface area (Å²) in [6, 6.07) is 11.6. The fourth-order valence-corrected chi connectivity index (χ4v) is 2.20. The van der Waals surface area contributed by atoms with Crippen LogP contribution in [0.2, 0.25) is 0 Å². The van der Waals surface area contributed by atoms with Gasteiger partial charge in [-0.25, -0.2) is 0 Å². The Morgan fingerprint density at radius 3 is 2.42 bits per heavy atom. The maximum Gasteiger partial charge on any atom is 0.325 e. The van der Waals surface area contributed by atoms with Gasteiger partial charge < -0.3 is 10.1 Å². The Bertz CT molecular complexity index is 851. The van der Waals surface area contributed by atoms with E-state index in [1.807, 2.05) is 0 Å². The Hall–Kier alpha value is -3.07. The third-order valence-corrected chi connectivity index (χ3v) is 3.77. The number of nitrogens with one attached hydrogen (secondary N) is 1. The van der Waals surface area contributed by atoms with E-state index >= 15 is 0 Å². The number of benzene rings is 2. The molecule has 1 amide bonds. The van der Waals surface area contributed by atoms with E-state index in [4.69, 9.17) is 4.74 Å². The highest BCUT2D eigenvalue weighted by Crippen LogP contribution is 2.13. The molecule has 0 spiro atoms. The molecule has 2 aromatic carbocycles. The van der Waals surface area contributed by atoms with Crippen LogP contribution in [0.15, 0.2) is 53.0 Å². The largest absolute Gasteiger partial charge is 0.456 e. The minimum atomic E-state index is -0.797. The maximum atomic E-state index is 11.9. The standard InChI is InChI=1S/C17H13BrN2O6/c18-13-6-4-11(5-7-13)15(21)10-26-16(22)9-19-17(23)12-2-1-3-14(8-12)20(24)25/h1-8H,9-10H2,(H,19,23). The van der Waals surface area contributed by atoms with E-state index in [9.17, 15) is 24.5 Å². The number of halogens is 1. The number of nitro groups is 1. The van der Waals surface area contributed by atoms with Gasteiger partial charge in [0.1, 0.15) is 6.54 Å². The molecule has 0 saturated heterocycles. The van der Waals surface area contributed by atoms with Gasteiger partial charge in [-0.1, -0.05) is 34.1 Å². The Labute approximate surface area is 156 Å². The van der Waals surface area contributed by atoms with Crippen LogP contribution in [-0.2, 0) is 9.53 Å². The minimum absolute atomic E-state index is 0.0398. The highest BCUT2D eigenvalue weighted by Gasteiger charge is 2.14. The molecular weight excluding hydrogens is 408 g/mol. The molecule has 1 N–H and O–H groups in total. The Balaban J connectivity index is 1.82. The molecule has 0 atom stereocenters. The van der Waals surface area contributed by atoms with E-state index in [1.54, 1.807) is 24.3 Å². The fourth-order valence-electron chi connectivity index (χ4n) is 1.93. The van der Waals surface area contributed by atoms with Crippen molar-refractivity contribution in [3.05, 3.63) is 74.2 Å². The van der Waals surface area contributed by atoms with Crippen LogP contribution in [0.5, 0.6) is 0 Å². The van der Waals surface area contributed by atoms with E-state index in [0.717, 1.165) is 10.5 Å². The first kappa shape index (κ1) is 19.3. The number of nitrogens with zero attached hydrogens (tertiary/aromatic N) is 1. The molecule has 0 bridgehead atoms. The number of ether oxygens (including phenoxy) is 1. The maximum absolute atomic E-state index is 11.9. The van der Waals surface area contributed by atoms with Crippen molar-refractivity contribution >= 4 is 39.3 Å². The van der Waals surface area contributed by atoms with Gasteiger partial charge in [0.25, 0.3) is 11.6 Å². The lowest BCUT2D eigenvalue weighted by Crippen LogP contribution is -2.31. The molecular formula is C17H13BrN2O6. The van der Waals surface area contributed by atoms with Crippen molar-refractivity contribution in [2.24, 2.45) is 0 Å². The van der Waals surface area contributed by atoms with Gasteiger partial charge in [-0.3, -0.25) is 24.5 Å². The van der Waals surface area contributed by atoms with Crippen LogP contribution in [0.1, 0.15) is 20.7 Å². The molecule has 0 fully saturated rings. The zero-order valence-corrected chi connectivity index (χ0v) is 14.9. The Morgan fingerprint density at radius 1 is 1.08 bits per heavy atom. The monoisotopic (exact) mass is 420 g/mol. The molecule has 0 radical (unpaired) electrons. The molecule has 26 heavy (non-hydrogen) atoms. The van der Waals surface area contributed by atoms with Crippen molar-refractivity contribution in [3.8, 4) is 0 Å². The topological polar surface area (TPSA) is 116 Å². The van der Waals surface area contributed by atoms with E-state index in [2.05, 4.69) is 21.2 Å². The van der Waals surface area contributed by atoms with Crippen molar-refractivity contribution in [2.45, 2.75) is 0 Å². The molecule has 134 valence electrons. The highest BCUT2D eigenvalue weighted by atomic mass is 79.9. The molecule has 8 nitrogen and oxygen atoms in total. The van der Waals surface area contributed by atoms with Crippen molar-refractivity contribution in [3.63, 3.8) is 0 Å². The number of Topliss-reactive ketones (excluding diaryl/α,β-unsaturated/α-hetero) is 1. The zero-order valence-electron chi connectivity index (χ0n) is 13.3. The summed E-state index contributed by atoms with van der Waals surface area (Å²) in [5, 5.41) is 13.0. The van der Waals surface area contributed by atoms with Gasteiger partial charge >= 0.3 is 5.97 Å². The van der Waals surface area contributed by atoms with Crippen LogP contribution in [0.4, 0.5) is 5.69 Å². The first-order valence-corrected chi connectivity index (χ1v) is 8.13. The van der Waals surface area contributed by atoms with Gasteiger partial charge in [-0.05, 0) is 18.2 Å². The molecule has 9 heteroatoms. The predicted molar refractivity (Wildman–Crippen MR) is 94.9 cm³/mol. The molecule has 0 aliphatic rings. The highest BCUT2D eigenvalue weighted by molar-refractivity contribution is 9.10. The number of non-ortho nitro benzene ring substituents is 1. The average Bonchev–Trinajstić information content (AvgIpc) is 2.64. The lowest BCUT2D eigenvalue weighted by Gasteiger charge is -2.06. The van der Waals surface area contributed by atoms with Crippen LogP contribution in [0.25, 0.3) is 0 Å². The molecule has 0 saturated carbocycles. The minimum Gasteiger partial charge on any atom is -0.456 e. The molecule has 0 aliphatic carbocycles. The third kappa shape index (κ3) is 5.49. The Kier molecular flexibility index (Phi) is 6.56.